The molecule has 6 nitrogen and oxygen atoms in total. The molecule has 1 amide bonds. The number of benzene rings is 1. The molecule has 0 aliphatic carbocycles. The molecule has 1 aliphatic heterocycles. The van der Waals surface area contributed by atoms with Gasteiger partial charge < -0.3 is 14.4 Å². The van der Waals surface area contributed by atoms with Crippen molar-refractivity contribution in [3.05, 3.63) is 45.8 Å². The van der Waals surface area contributed by atoms with Crippen molar-refractivity contribution in [2.45, 2.75) is 19.8 Å². The monoisotopic (exact) mass is 315 g/mol. The molecule has 3 rings (SSSR count). The maximum Gasteiger partial charge on any atom is 0.349 e. The number of para-hydroxylation sites is 1. The second kappa shape index (κ2) is 5.87. The van der Waals surface area contributed by atoms with E-state index in [9.17, 15) is 14.4 Å². The molecular formula is C17H17NO5. The Hall–Kier alpha value is -2.63. The number of nitrogens with zero attached hydrogens (tertiary/aromatic N) is 1. The Morgan fingerprint density at radius 1 is 1.30 bits per heavy atom. The zero-order valence-electron chi connectivity index (χ0n) is 12.7. The van der Waals surface area contributed by atoms with Gasteiger partial charge in [0, 0.05) is 18.5 Å². The molecule has 1 aliphatic rings. The molecule has 1 fully saturated rings. The molecule has 1 atom stereocenters. The van der Waals surface area contributed by atoms with Crippen molar-refractivity contribution in [1.82, 2.24) is 4.90 Å². The highest BCUT2D eigenvalue weighted by Gasteiger charge is 2.31. The molecule has 1 aromatic heterocycles. The van der Waals surface area contributed by atoms with Crippen molar-refractivity contribution in [2.75, 3.05) is 13.1 Å². The highest BCUT2D eigenvalue weighted by Crippen LogP contribution is 2.22. The highest BCUT2D eigenvalue weighted by molar-refractivity contribution is 5.99. The van der Waals surface area contributed by atoms with E-state index >= 15 is 0 Å². The maximum atomic E-state index is 12.7. The van der Waals surface area contributed by atoms with Gasteiger partial charge in [0.15, 0.2) is 0 Å². The van der Waals surface area contributed by atoms with Crippen LogP contribution in [0.15, 0.2) is 33.5 Å². The van der Waals surface area contributed by atoms with Crippen molar-refractivity contribution in [3.8, 4) is 0 Å². The first-order chi connectivity index (χ1) is 11.0. The Labute approximate surface area is 132 Å². The van der Waals surface area contributed by atoms with E-state index in [1.54, 1.807) is 25.1 Å². The number of hydrogen-bond acceptors (Lipinski definition) is 4. The van der Waals surface area contributed by atoms with Crippen LogP contribution in [0.5, 0.6) is 0 Å². The number of carbonyl (C=O) groups excluding carboxylic acids is 1. The first-order valence-electron chi connectivity index (χ1n) is 7.53. The lowest BCUT2D eigenvalue weighted by atomic mass is 9.97. The third kappa shape index (κ3) is 2.72. The van der Waals surface area contributed by atoms with Crippen molar-refractivity contribution in [3.63, 3.8) is 0 Å². The summed E-state index contributed by atoms with van der Waals surface area (Å²) in [6.45, 7) is 2.29. The molecule has 2 aromatic rings. The third-order valence-electron chi connectivity index (χ3n) is 4.34. The Balaban J connectivity index is 2.01. The Bertz CT molecular complexity index is 838. The van der Waals surface area contributed by atoms with E-state index in [0.717, 1.165) is 0 Å². The molecule has 0 radical (unpaired) electrons. The summed E-state index contributed by atoms with van der Waals surface area (Å²) in [5, 5.41) is 9.85. The van der Waals surface area contributed by atoms with Crippen molar-refractivity contribution in [2.24, 2.45) is 5.92 Å². The number of hydrogen-bond donors (Lipinski definition) is 1. The van der Waals surface area contributed by atoms with E-state index < -0.39 is 23.4 Å². The summed E-state index contributed by atoms with van der Waals surface area (Å²) >= 11 is 0. The summed E-state index contributed by atoms with van der Waals surface area (Å²) in [4.78, 5) is 37.5. The summed E-state index contributed by atoms with van der Waals surface area (Å²) in [6, 6.07) is 7.04. The number of fused-ring (bicyclic) bond motifs is 1. The quantitative estimate of drug-likeness (QED) is 0.857. The van der Waals surface area contributed by atoms with Crippen LogP contribution in [0.25, 0.3) is 11.0 Å². The lowest BCUT2D eigenvalue weighted by Gasteiger charge is -2.30. The van der Waals surface area contributed by atoms with E-state index in [1.165, 1.54) is 4.90 Å². The fraction of sp³-hybridized carbons (Fsp3) is 0.353. The predicted octanol–water partition coefficient (Wildman–Crippen LogP) is 2.04. The Morgan fingerprint density at radius 3 is 2.78 bits per heavy atom. The molecule has 0 unspecified atom stereocenters. The van der Waals surface area contributed by atoms with Gasteiger partial charge in [0.25, 0.3) is 5.91 Å². The summed E-state index contributed by atoms with van der Waals surface area (Å²) in [6.07, 6.45) is 1.16. The lowest BCUT2D eigenvalue weighted by molar-refractivity contribution is -0.143. The van der Waals surface area contributed by atoms with Crippen molar-refractivity contribution < 1.29 is 19.1 Å². The number of carbonyl (C=O) groups is 2. The first-order valence-corrected chi connectivity index (χ1v) is 7.53. The Morgan fingerprint density at radius 2 is 2.04 bits per heavy atom. The van der Waals surface area contributed by atoms with Crippen molar-refractivity contribution >= 4 is 22.8 Å². The van der Waals surface area contributed by atoms with Crippen LogP contribution in [-0.2, 0) is 4.79 Å². The van der Waals surface area contributed by atoms with Gasteiger partial charge in [-0.15, -0.1) is 0 Å². The number of aliphatic carboxylic acids is 1. The van der Waals surface area contributed by atoms with Gasteiger partial charge in [0.1, 0.15) is 11.1 Å². The average Bonchev–Trinajstić information content (AvgIpc) is 2.55. The number of rotatable bonds is 2. The largest absolute Gasteiger partial charge is 0.481 e. The predicted molar refractivity (Wildman–Crippen MR) is 83.5 cm³/mol. The van der Waals surface area contributed by atoms with Gasteiger partial charge in [0.05, 0.1) is 5.92 Å². The summed E-state index contributed by atoms with van der Waals surface area (Å²) in [5.74, 6) is -1.95. The molecule has 6 heteroatoms. The third-order valence-corrected chi connectivity index (χ3v) is 4.34. The molecule has 1 saturated heterocycles. The SMILES string of the molecule is Cc1c(C(=O)N2CCC[C@H](C(=O)O)C2)c(=O)oc2ccccc12. The zero-order valence-corrected chi connectivity index (χ0v) is 12.7. The van der Waals surface area contributed by atoms with Gasteiger partial charge in [-0.1, -0.05) is 18.2 Å². The van der Waals surface area contributed by atoms with E-state index in [0.29, 0.717) is 35.9 Å². The number of aryl methyl sites for hydroxylation is 1. The topological polar surface area (TPSA) is 87.8 Å². The minimum absolute atomic E-state index is 0.00487. The summed E-state index contributed by atoms with van der Waals surface area (Å²) in [5.41, 5.74) is 0.325. The second-order valence-corrected chi connectivity index (χ2v) is 5.81. The normalized spacial score (nSPS) is 18.1. The van der Waals surface area contributed by atoms with E-state index in [4.69, 9.17) is 9.52 Å². The lowest BCUT2D eigenvalue weighted by Crippen LogP contribution is -2.43. The molecule has 0 bridgehead atoms. The van der Waals surface area contributed by atoms with Crippen LogP contribution in [0, 0.1) is 12.8 Å². The smallest absolute Gasteiger partial charge is 0.349 e. The van der Waals surface area contributed by atoms with Gasteiger partial charge in [0.2, 0.25) is 0 Å². The van der Waals surface area contributed by atoms with Gasteiger partial charge in [-0.3, -0.25) is 9.59 Å². The van der Waals surface area contributed by atoms with Gasteiger partial charge in [-0.05, 0) is 31.4 Å². The Kier molecular flexibility index (Phi) is 3.90. The number of amides is 1. The molecule has 1 N–H and O–H groups in total. The van der Waals surface area contributed by atoms with E-state index in [1.807, 2.05) is 6.07 Å². The standard InChI is InChI=1S/C17H17NO5/c1-10-12-6-2-3-7-13(12)23-17(22)14(10)15(19)18-8-4-5-11(9-18)16(20)21/h2-3,6-7,11H,4-5,8-9H2,1H3,(H,20,21)/t11-/m0/s1. The van der Waals surface area contributed by atoms with Crippen LogP contribution >= 0.6 is 0 Å². The molecule has 1 aromatic carbocycles. The van der Waals surface area contributed by atoms with E-state index in [-0.39, 0.29) is 12.1 Å². The number of likely N-dealkylation sites (tertiary alicyclic amines) is 1. The number of carboxylic acids is 1. The highest BCUT2D eigenvalue weighted by atomic mass is 16.4. The van der Waals surface area contributed by atoms with Crippen LogP contribution in [-0.4, -0.2) is 35.0 Å². The van der Waals surface area contributed by atoms with Crippen LogP contribution in [0.2, 0.25) is 0 Å². The molecule has 0 saturated carbocycles. The summed E-state index contributed by atoms with van der Waals surface area (Å²) < 4.78 is 5.24. The average molecular weight is 315 g/mol. The molecule has 0 spiro atoms. The minimum Gasteiger partial charge on any atom is -0.481 e. The van der Waals surface area contributed by atoms with Crippen LogP contribution in [0.1, 0.15) is 28.8 Å². The fourth-order valence-electron chi connectivity index (χ4n) is 3.07. The zero-order chi connectivity index (χ0) is 16.6. The fourth-order valence-corrected chi connectivity index (χ4v) is 3.07. The second-order valence-electron chi connectivity index (χ2n) is 5.81. The van der Waals surface area contributed by atoms with E-state index in [2.05, 4.69) is 0 Å². The molecule has 23 heavy (non-hydrogen) atoms. The van der Waals surface area contributed by atoms with Crippen LogP contribution in [0.4, 0.5) is 0 Å². The molecule has 2 heterocycles. The van der Waals surface area contributed by atoms with Crippen molar-refractivity contribution in [1.29, 1.82) is 0 Å². The molecule has 120 valence electrons. The van der Waals surface area contributed by atoms with Crippen LogP contribution < -0.4 is 5.63 Å². The number of carboxylic acid groups (broad SMARTS) is 1. The molecular weight excluding hydrogens is 298 g/mol. The number of piperidine rings is 1. The van der Waals surface area contributed by atoms with Gasteiger partial charge in [-0.2, -0.15) is 0 Å². The minimum atomic E-state index is -0.912. The van der Waals surface area contributed by atoms with Crippen LogP contribution in [0.3, 0.4) is 0 Å². The summed E-state index contributed by atoms with van der Waals surface area (Å²) in [7, 11) is 0. The van der Waals surface area contributed by atoms with Gasteiger partial charge in [-0.25, -0.2) is 4.79 Å². The maximum absolute atomic E-state index is 12.7. The van der Waals surface area contributed by atoms with Gasteiger partial charge >= 0.3 is 11.6 Å². The first kappa shape index (κ1) is 15.3.